The van der Waals surface area contributed by atoms with Gasteiger partial charge in [0.15, 0.2) is 0 Å². The molecule has 3 aromatic carbocycles. The maximum atomic E-state index is 13.3. The molecule has 0 aliphatic rings. The van der Waals surface area contributed by atoms with Gasteiger partial charge in [0.2, 0.25) is 5.91 Å². The molecule has 1 atom stereocenters. The molecule has 0 aliphatic heterocycles. The molecule has 7 nitrogen and oxygen atoms in total. The summed E-state index contributed by atoms with van der Waals surface area (Å²) >= 11 is 13.0. The Morgan fingerprint density at radius 3 is 2.48 bits per heavy atom. The molecule has 220 valence electrons. The standard InChI is InChI=1S/C30H26Cl2F3N3O4/c1-17-26(14-19-8-4-7-11-24(19)37-17)41-16-21-23(31)12-13-25(28(21)32)38(3)27(39)15-36-29(40)42-18(2)20-9-5-6-10-22(20)30(33,34)35/h4-14,18H,15-16H2,1-3H3,(H,36,40). The Labute approximate surface area is 250 Å². The van der Waals surface area contributed by atoms with Crippen LogP contribution in [0, 0.1) is 6.92 Å². The van der Waals surface area contributed by atoms with Crippen LogP contribution in [0.15, 0.2) is 66.7 Å². The van der Waals surface area contributed by atoms with E-state index in [0.717, 1.165) is 17.0 Å². The monoisotopic (exact) mass is 619 g/mol. The summed E-state index contributed by atoms with van der Waals surface area (Å²) in [5, 5.41) is 3.67. The van der Waals surface area contributed by atoms with Crippen molar-refractivity contribution >= 4 is 51.8 Å². The van der Waals surface area contributed by atoms with Crippen LogP contribution in [0.1, 0.15) is 35.4 Å². The van der Waals surface area contributed by atoms with E-state index >= 15 is 0 Å². The minimum Gasteiger partial charge on any atom is -0.487 e. The summed E-state index contributed by atoms with van der Waals surface area (Å²) < 4.78 is 51.0. The number of hydrogen-bond acceptors (Lipinski definition) is 5. The second-order valence-electron chi connectivity index (χ2n) is 9.35. The summed E-state index contributed by atoms with van der Waals surface area (Å²) in [4.78, 5) is 30.9. The highest BCUT2D eigenvalue weighted by Gasteiger charge is 2.35. The topological polar surface area (TPSA) is 80.8 Å². The summed E-state index contributed by atoms with van der Waals surface area (Å²) in [6, 6.07) is 17.4. The summed E-state index contributed by atoms with van der Waals surface area (Å²) in [5.41, 5.74) is 1.14. The minimum atomic E-state index is -4.61. The molecular weight excluding hydrogens is 594 g/mol. The molecule has 0 saturated carbocycles. The Balaban J connectivity index is 1.40. The number of rotatable bonds is 8. The number of carbonyl (C=O) groups is 2. The maximum Gasteiger partial charge on any atom is 0.416 e. The molecule has 4 rings (SSSR count). The largest absolute Gasteiger partial charge is 0.487 e. The molecular formula is C30H26Cl2F3N3O4. The van der Waals surface area contributed by atoms with Crippen molar-refractivity contribution < 1.29 is 32.2 Å². The Hall–Kier alpha value is -4.02. The van der Waals surface area contributed by atoms with Crippen LogP contribution in [0.25, 0.3) is 10.9 Å². The molecule has 0 saturated heterocycles. The van der Waals surface area contributed by atoms with Gasteiger partial charge in [-0.15, -0.1) is 0 Å². The predicted molar refractivity (Wildman–Crippen MR) is 155 cm³/mol. The number of pyridine rings is 1. The summed E-state index contributed by atoms with van der Waals surface area (Å²) in [6.07, 6.45) is -6.89. The van der Waals surface area contributed by atoms with Crippen molar-refractivity contribution in [2.24, 2.45) is 0 Å². The molecule has 12 heteroatoms. The normalized spacial score (nSPS) is 12.1. The third-order valence-electron chi connectivity index (χ3n) is 6.51. The fourth-order valence-electron chi connectivity index (χ4n) is 4.24. The number of likely N-dealkylation sites (N-methyl/N-ethyl adjacent to an activating group) is 1. The summed E-state index contributed by atoms with van der Waals surface area (Å²) in [5.74, 6) is -0.0218. The fraction of sp³-hybridized carbons (Fsp3) is 0.233. The van der Waals surface area contributed by atoms with Crippen molar-refractivity contribution in [1.82, 2.24) is 10.3 Å². The zero-order valence-electron chi connectivity index (χ0n) is 22.8. The summed E-state index contributed by atoms with van der Waals surface area (Å²) in [6.45, 7) is 2.62. The van der Waals surface area contributed by atoms with Gasteiger partial charge >= 0.3 is 12.3 Å². The van der Waals surface area contributed by atoms with Gasteiger partial charge in [0.05, 0.1) is 27.5 Å². The number of alkyl carbamates (subject to hydrolysis) is 1. The number of aromatic nitrogens is 1. The minimum absolute atomic E-state index is 0.00371. The number of ether oxygens (including phenoxy) is 2. The van der Waals surface area contributed by atoms with Crippen molar-refractivity contribution in [3.05, 3.63) is 99.2 Å². The van der Waals surface area contributed by atoms with Crippen LogP contribution in [0.2, 0.25) is 10.0 Å². The molecule has 1 unspecified atom stereocenters. The van der Waals surface area contributed by atoms with Crippen molar-refractivity contribution in [3.63, 3.8) is 0 Å². The first-order valence-electron chi connectivity index (χ1n) is 12.7. The third kappa shape index (κ3) is 7.06. The first-order valence-corrected chi connectivity index (χ1v) is 13.5. The first kappa shape index (κ1) is 30.9. The van der Waals surface area contributed by atoms with Crippen molar-refractivity contribution in [2.75, 3.05) is 18.5 Å². The molecule has 0 radical (unpaired) electrons. The van der Waals surface area contributed by atoms with Crippen LogP contribution in [0.4, 0.5) is 23.7 Å². The number of benzene rings is 3. The molecule has 42 heavy (non-hydrogen) atoms. The second-order valence-corrected chi connectivity index (χ2v) is 10.1. The van der Waals surface area contributed by atoms with E-state index in [1.165, 1.54) is 37.1 Å². The van der Waals surface area contributed by atoms with E-state index in [2.05, 4.69) is 10.3 Å². The molecule has 2 amide bonds. The molecule has 1 N–H and O–H groups in total. The van der Waals surface area contributed by atoms with E-state index in [-0.39, 0.29) is 17.2 Å². The van der Waals surface area contributed by atoms with Crippen LogP contribution < -0.4 is 15.0 Å². The van der Waals surface area contributed by atoms with Gasteiger partial charge in [0.25, 0.3) is 0 Å². The number of amides is 2. The van der Waals surface area contributed by atoms with Crippen molar-refractivity contribution in [3.8, 4) is 5.75 Å². The zero-order valence-corrected chi connectivity index (χ0v) is 24.3. The first-order chi connectivity index (χ1) is 19.9. The molecule has 1 aromatic heterocycles. The van der Waals surface area contributed by atoms with Crippen LogP contribution in [-0.4, -0.2) is 30.6 Å². The van der Waals surface area contributed by atoms with Crippen LogP contribution in [0.5, 0.6) is 5.75 Å². The Morgan fingerprint density at radius 1 is 1.05 bits per heavy atom. The smallest absolute Gasteiger partial charge is 0.416 e. The van der Waals surface area contributed by atoms with Crippen molar-refractivity contribution in [2.45, 2.75) is 32.7 Å². The Kier molecular flexibility index (Phi) is 9.48. The number of aryl methyl sites for hydroxylation is 1. The molecule has 4 aromatic rings. The molecule has 0 fully saturated rings. The Bertz CT molecular complexity index is 1630. The SMILES string of the molecule is Cc1nc2ccccc2cc1OCc1c(Cl)ccc(N(C)C(=O)CNC(=O)OC(C)c2ccccc2C(F)(F)F)c1Cl. The maximum absolute atomic E-state index is 13.3. The number of nitrogens with zero attached hydrogens (tertiary/aromatic N) is 2. The Morgan fingerprint density at radius 2 is 1.74 bits per heavy atom. The van der Waals surface area contributed by atoms with Crippen molar-refractivity contribution in [1.29, 1.82) is 0 Å². The highest BCUT2D eigenvalue weighted by Crippen LogP contribution is 2.36. The summed E-state index contributed by atoms with van der Waals surface area (Å²) in [7, 11) is 1.45. The number of nitrogens with one attached hydrogen (secondary N) is 1. The van der Waals surface area contributed by atoms with Gasteiger partial charge in [-0.25, -0.2) is 9.78 Å². The van der Waals surface area contributed by atoms with Crippen LogP contribution in [-0.2, 0) is 22.3 Å². The lowest BCUT2D eigenvalue weighted by molar-refractivity contribution is -0.139. The number of para-hydroxylation sites is 1. The number of carbonyl (C=O) groups excluding carboxylic acids is 2. The number of fused-ring (bicyclic) bond motifs is 1. The fourth-order valence-corrected chi connectivity index (χ4v) is 4.85. The van der Waals surface area contributed by atoms with E-state index in [1.54, 1.807) is 12.1 Å². The average Bonchev–Trinajstić information content (AvgIpc) is 2.95. The van der Waals surface area contributed by atoms with Crippen LogP contribution in [0.3, 0.4) is 0 Å². The molecule has 0 bridgehead atoms. The lowest BCUT2D eigenvalue weighted by Gasteiger charge is -2.22. The van der Waals surface area contributed by atoms with E-state index in [1.807, 2.05) is 37.3 Å². The van der Waals surface area contributed by atoms with Gasteiger partial charge in [-0.1, -0.05) is 59.6 Å². The van der Waals surface area contributed by atoms with Gasteiger partial charge in [-0.05, 0) is 44.2 Å². The number of hydrogen-bond donors (Lipinski definition) is 1. The molecule has 0 spiro atoms. The van der Waals surface area contributed by atoms with Gasteiger partial charge in [-0.3, -0.25) is 4.79 Å². The van der Waals surface area contributed by atoms with E-state index in [0.29, 0.717) is 27.7 Å². The lowest BCUT2D eigenvalue weighted by atomic mass is 10.0. The van der Waals surface area contributed by atoms with E-state index in [9.17, 15) is 22.8 Å². The quantitative estimate of drug-likeness (QED) is 0.217. The van der Waals surface area contributed by atoms with E-state index < -0.39 is 36.4 Å². The molecule has 1 heterocycles. The van der Waals surface area contributed by atoms with Gasteiger partial charge < -0.3 is 19.7 Å². The number of alkyl halides is 3. The number of halogens is 5. The second kappa shape index (κ2) is 12.9. The van der Waals surface area contributed by atoms with Gasteiger partial charge in [0, 0.05) is 28.6 Å². The highest BCUT2D eigenvalue weighted by molar-refractivity contribution is 6.38. The highest BCUT2D eigenvalue weighted by atomic mass is 35.5. The predicted octanol–water partition coefficient (Wildman–Crippen LogP) is 7.90. The van der Waals surface area contributed by atoms with Gasteiger partial charge in [0.1, 0.15) is 25.0 Å². The van der Waals surface area contributed by atoms with Crippen LogP contribution >= 0.6 is 23.2 Å². The molecule has 0 aliphatic carbocycles. The number of anilines is 1. The third-order valence-corrected chi connectivity index (χ3v) is 7.29. The average molecular weight is 620 g/mol. The zero-order chi connectivity index (χ0) is 30.6. The van der Waals surface area contributed by atoms with E-state index in [4.69, 9.17) is 32.7 Å². The lowest BCUT2D eigenvalue weighted by Crippen LogP contribution is -2.38. The van der Waals surface area contributed by atoms with Gasteiger partial charge in [-0.2, -0.15) is 13.2 Å².